The van der Waals surface area contributed by atoms with Gasteiger partial charge in [-0.15, -0.1) is 0 Å². The molecule has 0 unspecified atom stereocenters. The first-order valence-electron chi connectivity index (χ1n) is 13.8. The molecule has 3 aliphatic rings. The molecule has 2 aromatic rings. The fraction of sp³-hybridized carbons (Fsp3) is 0.516. The average molecular weight is 490 g/mol. The van der Waals surface area contributed by atoms with Gasteiger partial charge in [-0.1, -0.05) is 61.7 Å². The fourth-order valence-corrected chi connectivity index (χ4v) is 6.22. The number of nitrogens with zero attached hydrogens (tertiary/aromatic N) is 1. The number of amides is 1. The van der Waals surface area contributed by atoms with Crippen LogP contribution in [0.2, 0.25) is 0 Å². The molecule has 1 saturated heterocycles. The van der Waals surface area contributed by atoms with E-state index in [2.05, 4.69) is 48.5 Å². The molecular formula is C31H39NO4. The number of aliphatic hydroxyl groups is 1. The van der Waals surface area contributed by atoms with Crippen molar-refractivity contribution >= 4 is 5.91 Å². The van der Waals surface area contributed by atoms with Gasteiger partial charge in [0, 0.05) is 38.1 Å². The molecule has 5 heteroatoms. The van der Waals surface area contributed by atoms with Crippen LogP contribution >= 0.6 is 0 Å². The van der Waals surface area contributed by atoms with Gasteiger partial charge in [0.15, 0.2) is 5.76 Å². The van der Waals surface area contributed by atoms with E-state index in [4.69, 9.17) is 9.47 Å². The van der Waals surface area contributed by atoms with Crippen LogP contribution in [-0.4, -0.2) is 48.5 Å². The maximum Gasteiger partial charge on any atom is 0.288 e. The Bertz CT molecular complexity index is 1090. The van der Waals surface area contributed by atoms with E-state index in [-0.39, 0.29) is 24.3 Å². The molecule has 0 saturated carbocycles. The number of aliphatic hydroxyl groups excluding tert-OH is 1. The predicted molar refractivity (Wildman–Crippen MR) is 141 cm³/mol. The first kappa shape index (κ1) is 25.0. The second-order valence-corrected chi connectivity index (χ2v) is 10.3. The smallest absolute Gasteiger partial charge is 0.288 e. The van der Waals surface area contributed by atoms with Crippen LogP contribution in [-0.2, 0) is 20.7 Å². The molecule has 5 nitrogen and oxygen atoms in total. The molecule has 1 fully saturated rings. The number of fused-ring (bicyclic) bond motifs is 3. The Hall–Kier alpha value is -2.63. The summed E-state index contributed by atoms with van der Waals surface area (Å²) in [5.41, 5.74) is 6.52. The number of carbonyl (C=O) groups excluding carboxylic acids is 1. The van der Waals surface area contributed by atoms with Crippen LogP contribution in [0.1, 0.15) is 74.5 Å². The van der Waals surface area contributed by atoms with E-state index in [1.54, 1.807) is 0 Å². The van der Waals surface area contributed by atoms with E-state index >= 15 is 0 Å². The number of hydrogen-bond donors (Lipinski definition) is 1. The van der Waals surface area contributed by atoms with Gasteiger partial charge in [-0.3, -0.25) is 4.79 Å². The van der Waals surface area contributed by atoms with Crippen molar-refractivity contribution in [3.8, 4) is 11.1 Å². The van der Waals surface area contributed by atoms with Crippen molar-refractivity contribution in [3.63, 3.8) is 0 Å². The minimum Gasteiger partial charge on any atom is -0.459 e. The summed E-state index contributed by atoms with van der Waals surface area (Å²) in [6.07, 6.45) is 9.58. The second-order valence-electron chi connectivity index (χ2n) is 10.3. The van der Waals surface area contributed by atoms with E-state index in [0.717, 1.165) is 38.8 Å². The van der Waals surface area contributed by atoms with Crippen molar-refractivity contribution in [3.05, 3.63) is 71.0 Å². The lowest BCUT2D eigenvalue weighted by Crippen LogP contribution is -2.41. The van der Waals surface area contributed by atoms with Gasteiger partial charge in [0.1, 0.15) is 0 Å². The van der Waals surface area contributed by atoms with Crippen LogP contribution in [0.3, 0.4) is 0 Å². The molecule has 3 atom stereocenters. The van der Waals surface area contributed by atoms with Gasteiger partial charge in [0.2, 0.25) is 6.29 Å². The quantitative estimate of drug-likeness (QED) is 0.456. The Balaban J connectivity index is 1.54. The summed E-state index contributed by atoms with van der Waals surface area (Å²) in [5.74, 6) is 0.423. The molecule has 0 spiro atoms. The third-order valence-corrected chi connectivity index (χ3v) is 8.01. The lowest BCUT2D eigenvalue weighted by atomic mass is 9.78. The van der Waals surface area contributed by atoms with Gasteiger partial charge in [-0.25, -0.2) is 0 Å². The topological polar surface area (TPSA) is 59.0 Å². The van der Waals surface area contributed by atoms with Crippen LogP contribution in [0, 0.1) is 5.92 Å². The molecule has 36 heavy (non-hydrogen) atoms. The number of ether oxygens (including phenoxy) is 2. The summed E-state index contributed by atoms with van der Waals surface area (Å²) in [5, 5.41) is 9.65. The van der Waals surface area contributed by atoms with Crippen LogP contribution in [0.15, 0.2) is 54.3 Å². The first-order chi connectivity index (χ1) is 17.7. The van der Waals surface area contributed by atoms with Gasteiger partial charge >= 0.3 is 0 Å². The monoisotopic (exact) mass is 489 g/mol. The van der Waals surface area contributed by atoms with Gasteiger partial charge in [-0.2, -0.15) is 0 Å². The number of allylic oxidation sites excluding steroid dienone is 1. The molecule has 5 rings (SSSR count). The molecule has 0 bridgehead atoms. The normalized spacial score (nSPS) is 23.7. The van der Waals surface area contributed by atoms with Crippen molar-refractivity contribution in [2.45, 2.75) is 70.5 Å². The van der Waals surface area contributed by atoms with Crippen molar-refractivity contribution in [1.29, 1.82) is 0 Å². The molecule has 1 N–H and O–H groups in total. The molecule has 2 aliphatic heterocycles. The highest BCUT2D eigenvalue weighted by Gasteiger charge is 2.40. The third kappa shape index (κ3) is 5.09. The second kappa shape index (κ2) is 11.6. The maximum absolute atomic E-state index is 13.7. The Labute approximate surface area is 215 Å². The zero-order chi connectivity index (χ0) is 24.9. The first-order valence-corrected chi connectivity index (χ1v) is 13.8. The molecule has 1 amide bonds. The SMILES string of the molecule is CCO[C@@H]1OC(C(=O)N2CCCCCCC2)=C[C@H](c2cccc3c2Cc2ccccc2-3)[C@@H]1CCCO. The summed E-state index contributed by atoms with van der Waals surface area (Å²) < 4.78 is 12.4. The lowest BCUT2D eigenvalue weighted by Gasteiger charge is -2.38. The van der Waals surface area contributed by atoms with Crippen LogP contribution in [0.25, 0.3) is 11.1 Å². The third-order valence-electron chi connectivity index (χ3n) is 8.01. The lowest BCUT2D eigenvalue weighted by molar-refractivity contribution is -0.170. The average Bonchev–Trinajstić information content (AvgIpc) is 3.26. The van der Waals surface area contributed by atoms with E-state index in [9.17, 15) is 9.90 Å². The summed E-state index contributed by atoms with van der Waals surface area (Å²) in [6, 6.07) is 15.2. The van der Waals surface area contributed by atoms with Crippen LogP contribution in [0.4, 0.5) is 0 Å². The van der Waals surface area contributed by atoms with Gasteiger partial charge in [0.25, 0.3) is 5.91 Å². The minimum absolute atomic E-state index is 0.0110. The largest absolute Gasteiger partial charge is 0.459 e. The highest BCUT2D eigenvalue weighted by molar-refractivity contribution is 5.92. The Morgan fingerprint density at radius 1 is 1.03 bits per heavy atom. The Morgan fingerprint density at radius 3 is 2.56 bits per heavy atom. The highest BCUT2D eigenvalue weighted by atomic mass is 16.7. The molecular weight excluding hydrogens is 450 g/mol. The zero-order valence-corrected chi connectivity index (χ0v) is 21.5. The maximum atomic E-state index is 13.7. The van der Waals surface area contributed by atoms with Crippen LogP contribution < -0.4 is 0 Å². The van der Waals surface area contributed by atoms with Crippen molar-refractivity contribution < 1.29 is 19.4 Å². The summed E-state index contributed by atoms with van der Waals surface area (Å²) >= 11 is 0. The molecule has 2 aromatic carbocycles. The fourth-order valence-electron chi connectivity index (χ4n) is 6.22. The van der Waals surface area contributed by atoms with E-state index in [1.807, 2.05) is 11.8 Å². The van der Waals surface area contributed by atoms with Crippen molar-refractivity contribution in [1.82, 2.24) is 4.90 Å². The number of hydrogen-bond acceptors (Lipinski definition) is 4. The summed E-state index contributed by atoms with van der Waals surface area (Å²) in [6.45, 7) is 4.18. The molecule has 192 valence electrons. The summed E-state index contributed by atoms with van der Waals surface area (Å²) in [4.78, 5) is 15.7. The Morgan fingerprint density at radius 2 is 1.78 bits per heavy atom. The zero-order valence-electron chi connectivity index (χ0n) is 21.5. The highest BCUT2D eigenvalue weighted by Crippen LogP contribution is 2.46. The van der Waals surface area contributed by atoms with Gasteiger partial charge < -0.3 is 19.5 Å². The molecule has 2 heterocycles. The number of benzene rings is 2. The van der Waals surface area contributed by atoms with E-state index in [0.29, 0.717) is 18.8 Å². The standard InChI is InChI=1S/C31H39NO4/c1-2-35-31-26(16-11-19-33)28(21-29(36-31)30(34)32-17-8-4-3-5-9-18-32)25-15-10-14-24-23-13-7-6-12-22(23)20-27(24)25/h6-7,10,12-15,21,26,28,31,33H,2-5,8-9,11,16-20H2,1H3/t26-,28+,31+/m0/s1. The number of carbonyl (C=O) groups is 1. The van der Waals surface area contributed by atoms with Crippen molar-refractivity contribution in [2.75, 3.05) is 26.3 Å². The van der Waals surface area contributed by atoms with Crippen molar-refractivity contribution in [2.24, 2.45) is 5.92 Å². The molecule has 0 aromatic heterocycles. The van der Waals surface area contributed by atoms with E-state index in [1.165, 1.54) is 47.1 Å². The van der Waals surface area contributed by atoms with Gasteiger partial charge in [0.05, 0.1) is 0 Å². The van der Waals surface area contributed by atoms with Gasteiger partial charge in [-0.05, 0) is 72.9 Å². The Kier molecular flexibility index (Phi) is 8.08. The number of rotatable bonds is 7. The summed E-state index contributed by atoms with van der Waals surface area (Å²) in [7, 11) is 0. The molecule has 1 aliphatic carbocycles. The molecule has 0 radical (unpaired) electrons. The predicted octanol–water partition coefficient (Wildman–Crippen LogP) is 5.80. The number of likely N-dealkylation sites (tertiary alicyclic amines) is 1. The van der Waals surface area contributed by atoms with E-state index < -0.39 is 6.29 Å². The van der Waals surface area contributed by atoms with Crippen LogP contribution in [0.5, 0.6) is 0 Å². The minimum atomic E-state index is -0.509.